The molecule has 120 valence electrons. The Morgan fingerprint density at radius 2 is 1.91 bits per heavy atom. The van der Waals surface area contributed by atoms with Crippen molar-refractivity contribution in [1.82, 2.24) is 9.97 Å². The number of rotatable bonds is 4. The highest BCUT2D eigenvalue weighted by molar-refractivity contribution is 5.81. The first kappa shape index (κ1) is 14.2. The highest BCUT2D eigenvalue weighted by Gasteiger charge is 2.30. The number of aromatic nitrogens is 2. The van der Waals surface area contributed by atoms with Crippen LogP contribution in [0, 0.1) is 5.92 Å². The summed E-state index contributed by atoms with van der Waals surface area (Å²) in [5.41, 5.74) is 1.72. The Kier molecular flexibility index (Phi) is 3.52. The Hall–Kier alpha value is -2.37. The third-order valence-electron chi connectivity index (χ3n) is 4.54. The molecule has 6 heteroatoms. The molecule has 2 aliphatic rings. The van der Waals surface area contributed by atoms with Crippen molar-refractivity contribution in [2.45, 2.75) is 31.7 Å². The number of nitrogens with one attached hydrogen (secondary N) is 1. The third-order valence-corrected chi connectivity index (χ3v) is 4.54. The minimum atomic E-state index is -0.722. The van der Waals surface area contributed by atoms with Gasteiger partial charge in [0.1, 0.15) is 0 Å². The molecule has 1 saturated heterocycles. The Labute approximate surface area is 134 Å². The van der Waals surface area contributed by atoms with Gasteiger partial charge in [-0.05, 0) is 37.8 Å². The molecule has 2 N–H and O–H groups in total. The van der Waals surface area contributed by atoms with Crippen LogP contribution in [-0.4, -0.2) is 40.2 Å². The van der Waals surface area contributed by atoms with E-state index in [2.05, 4.69) is 10.2 Å². The Morgan fingerprint density at radius 3 is 2.61 bits per heavy atom. The number of para-hydroxylation sites is 2. The number of carbonyl (C=O) groups is 1. The summed E-state index contributed by atoms with van der Waals surface area (Å²) in [4.78, 5) is 22.9. The van der Waals surface area contributed by atoms with Crippen molar-refractivity contribution in [2.24, 2.45) is 5.92 Å². The summed E-state index contributed by atoms with van der Waals surface area (Å²) in [5.74, 6) is 0.532. The van der Waals surface area contributed by atoms with E-state index in [1.54, 1.807) is 0 Å². The summed E-state index contributed by atoms with van der Waals surface area (Å²) in [6.07, 6.45) is 3.92. The van der Waals surface area contributed by atoms with Gasteiger partial charge in [-0.15, -0.1) is 0 Å². The van der Waals surface area contributed by atoms with Crippen LogP contribution in [0.5, 0.6) is 0 Å². The number of aliphatic carboxylic acids is 1. The Morgan fingerprint density at radius 1 is 1.17 bits per heavy atom. The lowest BCUT2D eigenvalue weighted by molar-refractivity contribution is -0.141. The third kappa shape index (κ3) is 2.93. The van der Waals surface area contributed by atoms with Crippen molar-refractivity contribution in [3.8, 4) is 0 Å². The number of nitrogens with zero attached hydrogens (tertiary/aromatic N) is 3. The van der Waals surface area contributed by atoms with E-state index >= 15 is 0 Å². The standard InChI is InChI=1S/C17H20N4O2/c22-17(23)11-4-3-9-21(10-11)16-15(18-12-7-8-12)19-13-5-1-2-6-14(13)20-16/h1-2,5-6,11-12H,3-4,7-10H2,(H,18,19)(H,22,23)/t11-/m1/s1. The highest BCUT2D eigenvalue weighted by Crippen LogP contribution is 2.32. The molecule has 2 aromatic rings. The predicted molar refractivity (Wildman–Crippen MR) is 88.8 cm³/mol. The fourth-order valence-electron chi connectivity index (χ4n) is 3.10. The zero-order valence-corrected chi connectivity index (χ0v) is 12.9. The SMILES string of the molecule is O=C(O)[C@@H]1CCCN(c2nc3ccccc3nc2NC2CC2)C1. The lowest BCUT2D eigenvalue weighted by Gasteiger charge is -2.32. The van der Waals surface area contributed by atoms with Gasteiger partial charge in [0.05, 0.1) is 17.0 Å². The van der Waals surface area contributed by atoms with Crippen LogP contribution in [0.1, 0.15) is 25.7 Å². The number of carboxylic acids is 1. The van der Waals surface area contributed by atoms with Gasteiger partial charge in [0.15, 0.2) is 11.6 Å². The maximum Gasteiger partial charge on any atom is 0.308 e. The number of anilines is 2. The minimum absolute atomic E-state index is 0.328. The molecule has 2 heterocycles. The molecule has 0 unspecified atom stereocenters. The van der Waals surface area contributed by atoms with Crippen LogP contribution >= 0.6 is 0 Å². The lowest BCUT2D eigenvalue weighted by atomic mass is 9.98. The van der Waals surface area contributed by atoms with Crippen molar-refractivity contribution in [2.75, 3.05) is 23.3 Å². The minimum Gasteiger partial charge on any atom is -0.481 e. The molecule has 0 spiro atoms. The van der Waals surface area contributed by atoms with Gasteiger partial charge in [0, 0.05) is 19.1 Å². The van der Waals surface area contributed by atoms with Gasteiger partial charge >= 0.3 is 5.97 Å². The number of fused-ring (bicyclic) bond motifs is 1. The van der Waals surface area contributed by atoms with Crippen LogP contribution in [0.4, 0.5) is 11.6 Å². The van der Waals surface area contributed by atoms with E-state index in [-0.39, 0.29) is 5.92 Å². The first-order valence-electron chi connectivity index (χ1n) is 8.22. The quantitative estimate of drug-likeness (QED) is 0.903. The molecule has 1 atom stereocenters. The second kappa shape index (κ2) is 5.68. The summed E-state index contributed by atoms with van der Waals surface area (Å²) in [6.45, 7) is 1.33. The maximum absolute atomic E-state index is 11.3. The van der Waals surface area contributed by atoms with Crippen LogP contribution in [0.25, 0.3) is 11.0 Å². The highest BCUT2D eigenvalue weighted by atomic mass is 16.4. The van der Waals surface area contributed by atoms with E-state index in [4.69, 9.17) is 9.97 Å². The van der Waals surface area contributed by atoms with Gasteiger partial charge in [-0.1, -0.05) is 12.1 Å². The Balaban J connectivity index is 1.72. The van der Waals surface area contributed by atoms with Gasteiger partial charge in [-0.2, -0.15) is 0 Å². The molecule has 0 radical (unpaired) electrons. The fourth-order valence-corrected chi connectivity index (χ4v) is 3.10. The smallest absolute Gasteiger partial charge is 0.308 e. The van der Waals surface area contributed by atoms with Crippen molar-refractivity contribution >= 4 is 28.6 Å². The van der Waals surface area contributed by atoms with E-state index in [1.807, 2.05) is 24.3 Å². The molecule has 2 fully saturated rings. The van der Waals surface area contributed by atoms with E-state index < -0.39 is 5.97 Å². The number of benzene rings is 1. The molecule has 1 aromatic carbocycles. The summed E-state index contributed by atoms with van der Waals surface area (Å²) >= 11 is 0. The monoisotopic (exact) mass is 312 g/mol. The molecular weight excluding hydrogens is 292 g/mol. The van der Waals surface area contributed by atoms with Gasteiger partial charge < -0.3 is 15.3 Å². The second-order valence-corrected chi connectivity index (χ2v) is 6.43. The second-order valence-electron chi connectivity index (χ2n) is 6.43. The zero-order chi connectivity index (χ0) is 15.8. The van der Waals surface area contributed by atoms with Gasteiger partial charge in [0.2, 0.25) is 0 Å². The largest absolute Gasteiger partial charge is 0.481 e. The molecule has 4 rings (SSSR count). The zero-order valence-electron chi connectivity index (χ0n) is 12.9. The molecule has 6 nitrogen and oxygen atoms in total. The lowest BCUT2D eigenvalue weighted by Crippen LogP contribution is -2.39. The van der Waals surface area contributed by atoms with E-state index in [1.165, 1.54) is 0 Å². The summed E-state index contributed by atoms with van der Waals surface area (Å²) in [7, 11) is 0. The number of hydrogen-bond donors (Lipinski definition) is 2. The topological polar surface area (TPSA) is 78.3 Å². The molecule has 0 amide bonds. The molecule has 1 aliphatic heterocycles. The van der Waals surface area contributed by atoms with Crippen molar-refractivity contribution in [3.63, 3.8) is 0 Å². The van der Waals surface area contributed by atoms with Crippen molar-refractivity contribution in [3.05, 3.63) is 24.3 Å². The first-order chi connectivity index (χ1) is 11.2. The average molecular weight is 312 g/mol. The normalized spacial score (nSPS) is 21.4. The van der Waals surface area contributed by atoms with Crippen LogP contribution in [0.3, 0.4) is 0 Å². The van der Waals surface area contributed by atoms with Gasteiger partial charge in [-0.3, -0.25) is 4.79 Å². The fraction of sp³-hybridized carbons (Fsp3) is 0.471. The van der Waals surface area contributed by atoms with Crippen LogP contribution in [0.15, 0.2) is 24.3 Å². The summed E-state index contributed by atoms with van der Waals surface area (Å²) in [6, 6.07) is 8.29. The molecule has 23 heavy (non-hydrogen) atoms. The van der Waals surface area contributed by atoms with E-state index in [9.17, 15) is 9.90 Å². The maximum atomic E-state index is 11.3. The molecule has 0 bridgehead atoms. The first-order valence-corrected chi connectivity index (χ1v) is 8.22. The van der Waals surface area contributed by atoms with Crippen molar-refractivity contribution < 1.29 is 9.90 Å². The molecule has 1 aliphatic carbocycles. The number of hydrogen-bond acceptors (Lipinski definition) is 5. The molecule has 1 saturated carbocycles. The van der Waals surface area contributed by atoms with Crippen LogP contribution < -0.4 is 10.2 Å². The van der Waals surface area contributed by atoms with E-state index in [0.29, 0.717) is 12.6 Å². The van der Waals surface area contributed by atoms with E-state index in [0.717, 1.165) is 54.9 Å². The predicted octanol–water partition coefficient (Wildman–Crippen LogP) is 2.51. The van der Waals surface area contributed by atoms with Crippen LogP contribution in [0.2, 0.25) is 0 Å². The molecular formula is C17H20N4O2. The van der Waals surface area contributed by atoms with Gasteiger partial charge in [0.25, 0.3) is 0 Å². The Bertz CT molecular complexity index is 744. The summed E-state index contributed by atoms with van der Waals surface area (Å²) < 4.78 is 0. The summed E-state index contributed by atoms with van der Waals surface area (Å²) in [5, 5.41) is 12.8. The van der Waals surface area contributed by atoms with Crippen molar-refractivity contribution in [1.29, 1.82) is 0 Å². The molecule has 1 aromatic heterocycles. The number of piperidine rings is 1. The van der Waals surface area contributed by atoms with Gasteiger partial charge in [-0.25, -0.2) is 9.97 Å². The average Bonchev–Trinajstić information content (AvgIpc) is 3.38. The number of carboxylic acid groups (broad SMARTS) is 1. The van der Waals surface area contributed by atoms with Crippen LogP contribution in [-0.2, 0) is 4.79 Å².